The zero-order chi connectivity index (χ0) is 17.9. The van der Waals surface area contributed by atoms with Crippen molar-refractivity contribution in [3.8, 4) is 0 Å². The lowest BCUT2D eigenvalue weighted by Gasteiger charge is -2.29. The number of nitrogens with one attached hydrogen (secondary N) is 2. The summed E-state index contributed by atoms with van der Waals surface area (Å²) in [6.07, 6.45) is 3.34. The molecular formula is C18H26ClN2O3S+. The number of benzene rings is 1. The fraction of sp³-hybridized carbons (Fsp3) is 0.611. The summed E-state index contributed by atoms with van der Waals surface area (Å²) >= 11 is 6.05. The van der Waals surface area contributed by atoms with Crippen molar-refractivity contribution in [2.75, 3.05) is 31.1 Å². The number of halogens is 1. The molecule has 7 heteroatoms. The van der Waals surface area contributed by atoms with Crippen molar-refractivity contribution in [1.29, 1.82) is 0 Å². The second-order valence-corrected chi connectivity index (χ2v) is 10.0. The number of likely N-dealkylation sites (tertiary alicyclic amines) is 1. The molecule has 0 saturated carbocycles. The highest BCUT2D eigenvalue weighted by molar-refractivity contribution is 7.91. The number of rotatable bonds is 5. The second-order valence-electron chi connectivity index (χ2n) is 7.33. The molecule has 0 aliphatic carbocycles. The van der Waals surface area contributed by atoms with Crippen molar-refractivity contribution >= 4 is 27.3 Å². The van der Waals surface area contributed by atoms with Gasteiger partial charge in [-0.3, -0.25) is 4.79 Å². The molecule has 0 radical (unpaired) electrons. The molecule has 2 saturated heterocycles. The molecule has 0 bridgehead atoms. The summed E-state index contributed by atoms with van der Waals surface area (Å²) in [6.45, 7) is 2.37. The average Bonchev–Trinajstić information content (AvgIpc) is 2.82. The molecule has 2 aliphatic rings. The number of hydrogen-bond acceptors (Lipinski definition) is 3. The molecule has 1 aromatic carbocycles. The Morgan fingerprint density at radius 1 is 1.16 bits per heavy atom. The molecule has 2 N–H and O–H groups in total. The Hall–Kier alpha value is -1.11. The largest absolute Gasteiger partial charge is 0.346 e. The van der Waals surface area contributed by atoms with Crippen molar-refractivity contribution < 1.29 is 18.1 Å². The molecule has 138 valence electrons. The van der Waals surface area contributed by atoms with Gasteiger partial charge in [-0.1, -0.05) is 30.3 Å². The third kappa shape index (κ3) is 5.43. The predicted octanol–water partition coefficient (Wildman–Crippen LogP) is 0.0446. The molecule has 2 aliphatic heterocycles. The molecule has 3 rings (SSSR count). The van der Waals surface area contributed by atoms with Gasteiger partial charge >= 0.3 is 0 Å². The first-order valence-electron chi connectivity index (χ1n) is 8.92. The van der Waals surface area contributed by atoms with E-state index >= 15 is 0 Å². The SMILES string of the molecule is O=C(C[NH+]1CCC(Cc2ccccc2)CC1)N[C@@H]1CS(=O)(=O)C[C@@H]1Cl. The third-order valence-electron chi connectivity index (χ3n) is 5.22. The molecular weight excluding hydrogens is 360 g/mol. The van der Waals surface area contributed by atoms with Gasteiger partial charge in [0.25, 0.3) is 5.91 Å². The molecule has 0 spiro atoms. The minimum absolute atomic E-state index is 0.0403. The highest BCUT2D eigenvalue weighted by atomic mass is 35.5. The molecule has 0 aromatic heterocycles. The lowest BCUT2D eigenvalue weighted by molar-refractivity contribution is -0.898. The van der Waals surface area contributed by atoms with Gasteiger partial charge in [-0.25, -0.2) is 8.42 Å². The lowest BCUT2D eigenvalue weighted by atomic mass is 9.90. The molecule has 1 amide bonds. The molecule has 2 fully saturated rings. The standard InChI is InChI=1S/C18H25ClN2O3S/c19-16-12-25(23,24)13-17(16)20-18(22)11-21-8-6-15(7-9-21)10-14-4-2-1-3-5-14/h1-5,15-17H,6-13H2,(H,20,22)/p+1/t16-,17+/m0/s1. The van der Waals surface area contributed by atoms with Gasteiger partial charge in [0.15, 0.2) is 16.4 Å². The number of quaternary nitrogens is 1. The quantitative estimate of drug-likeness (QED) is 0.703. The van der Waals surface area contributed by atoms with E-state index in [2.05, 4.69) is 29.6 Å². The Morgan fingerprint density at radius 2 is 1.84 bits per heavy atom. The Labute approximate surface area is 154 Å². The lowest BCUT2D eigenvalue weighted by Crippen LogP contribution is -3.14. The van der Waals surface area contributed by atoms with Crippen LogP contribution in [0.2, 0.25) is 0 Å². The van der Waals surface area contributed by atoms with E-state index in [0.29, 0.717) is 12.5 Å². The van der Waals surface area contributed by atoms with Crippen LogP contribution in [0.5, 0.6) is 0 Å². The summed E-state index contributed by atoms with van der Waals surface area (Å²) in [5, 5.41) is 2.30. The minimum Gasteiger partial charge on any atom is -0.346 e. The number of alkyl halides is 1. The molecule has 25 heavy (non-hydrogen) atoms. The number of sulfone groups is 1. The fourth-order valence-corrected chi connectivity index (χ4v) is 6.39. The maximum Gasteiger partial charge on any atom is 0.275 e. The summed E-state index contributed by atoms with van der Waals surface area (Å²) in [5.74, 6) is 0.504. The highest BCUT2D eigenvalue weighted by Gasteiger charge is 2.37. The van der Waals surface area contributed by atoms with Gasteiger partial charge in [0.2, 0.25) is 0 Å². The second kappa shape index (κ2) is 8.06. The topological polar surface area (TPSA) is 67.7 Å². The summed E-state index contributed by atoms with van der Waals surface area (Å²) < 4.78 is 23.1. The smallest absolute Gasteiger partial charge is 0.275 e. The Bertz CT molecular complexity index is 688. The van der Waals surface area contributed by atoms with Crippen molar-refractivity contribution in [2.24, 2.45) is 5.92 Å². The van der Waals surface area contributed by atoms with Gasteiger partial charge < -0.3 is 10.2 Å². The normalized spacial score (nSPS) is 31.6. The van der Waals surface area contributed by atoms with Gasteiger partial charge in [0.1, 0.15) is 0 Å². The number of carbonyl (C=O) groups excluding carboxylic acids is 1. The van der Waals surface area contributed by atoms with Crippen LogP contribution in [0.3, 0.4) is 0 Å². The fourth-order valence-electron chi connectivity index (χ4n) is 3.84. The van der Waals surface area contributed by atoms with Gasteiger partial charge in [-0.05, 0) is 30.7 Å². The Kier molecular flexibility index (Phi) is 6.02. The van der Waals surface area contributed by atoms with Crippen molar-refractivity contribution in [3.05, 3.63) is 35.9 Å². The number of hydrogen-bond donors (Lipinski definition) is 2. The van der Waals surface area contributed by atoms with Crippen LogP contribution in [-0.2, 0) is 21.1 Å². The van der Waals surface area contributed by atoms with Crippen LogP contribution < -0.4 is 10.2 Å². The maximum absolute atomic E-state index is 12.2. The molecule has 5 nitrogen and oxygen atoms in total. The van der Waals surface area contributed by atoms with Crippen molar-refractivity contribution in [1.82, 2.24) is 5.32 Å². The van der Waals surface area contributed by atoms with Gasteiger partial charge in [-0.15, -0.1) is 11.6 Å². The average molecular weight is 386 g/mol. The van der Waals surface area contributed by atoms with Crippen molar-refractivity contribution in [2.45, 2.75) is 30.7 Å². The van der Waals surface area contributed by atoms with Crippen LogP contribution in [0.1, 0.15) is 18.4 Å². The predicted molar refractivity (Wildman–Crippen MR) is 98.7 cm³/mol. The first-order valence-corrected chi connectivity index (χ1v) is 11.2. The van der Waals surface area contributed by atoms with E-state index in [1.165, 1.54) is 10.5 Å². The first kappa shape index (κ1) is 18.7. The van der Waals surface area contributed by atoms with Crippen LogP contribution in [0.25, 0.3) is 0 Å². The zero-order valence-electron chi connectivity index (χ0n) is 14.3. The van der Waals surface area contributed by atoms with Crippen LogP contribution in [-0.4, -0.2) is 56.9 Å². The van der Waals surface area contributed by atoms with Crippen LogP contribution >= 0.6 is 11.6 Å². The Balaban J connectivity index is 1.41. The molecule has 1 aromatic rings. The summed E-state index contributed by atoms with van der Waals surface area (Å²) in [7, 11) is -3.11. The third-order valence-corrected chi connectivity index (χ3v) is 7.60. The van der Waals surface area contributed by atoms with Gasteiger partial charge in [0, 0.05) is 0 Å². The van der Waals surface area contributed by atoms with E-state index in [4.69, 9.17) is 11.6 Å². The summed E-state index contributed by atoms with van der Waals surface area (Å²) in [6, 6.07) is 10.1. The van der Waals surface area contributed by atoms with Crippen molar-refractivity contribution in [3.63, 3.8) is 0 Å². The number of piperidine rings is 1. The van der Waals surface area contributed by atoms with E-state index in [9.17, 15) is 13.2 Å². The van der Waals surface area contributed by atoms with E-state index in [1.807, 2.05) is 6.07 Å². The summed E-state index contributed by atoms with van der Waals surface area (Å²) in [5.41, 5.74) is 1.38. The molecule has 2 heterocycles. The number of amides is 1. The maximum atomic E-state index is 12.2. The minimum atomic E-state index is -3.11. The van der Waals surface area contributed by atoms with E-state index in [1.54, 1.807) is 0 Å². The van der Waals surface area contributed by atoms with E-state index in [-0.39, 0.29) is 17.4 Å². The molecule has 2 atom stereocenters. The summed E-state index contributed by atoms with van der Waals surface area (Å²) in [4.78, 5) is 13.5. The Morgan fingerprint density at radius 3 is 2.44 bits per heavy atom. The van der Waals surface area contributed by atoms with E-state index in [0.717, 1.165) is 32.4 Å². The monoisotopic (exact) mass is 385 g/mol. The van der Waals surface area contributed by atoms with Crippen LogP contribution in [0.4, 0.5) is 0 Å². The van der Waals surface area contributed by atoms with Gasteiger partial charge in [-0.2, -0.15) is 0 Å². The van der Waals surface area contributed by atoms with Crippen LogP contribution in [0.15, 0.2) is 30.3 Å². The van der Waals surface area contributed by atoms with Gasteiger partial charge in [0.05, 0.1) is 36.0 Å². The zero-order valence-corrected chi connectivity index (χ0v) is 15.9. The molecule has 0 unspecified atom stereocenters. The number of carbonyl (C=O) groups is 1. The van der Waals surface area contributed by atoms with Crippen LogP contribution in [0, 0.1) is 5.92 Å². The highest BCUT2D eigenvalue weighted by Crippen LogP contribution is 2.18. The first-order chi connectivity index (χ1) is 11.9. The van der Waals surface area contributed by atoms with E-state index < -0.39 is 21.3 Å².